The molecular weight excluding hydrogens is 260 g/mol. The van der Waals surface area contributed by atoms with E-state index in [0.717, 1.165) is 12.0 Å². The fourth-order valence-electron chi connectivity index (χ4n) is 1.80. The highest BCUT2D eigenvalue weighted by Crippen LogP contribution is 2.27. The largest absolute Gasteiger partial charge is 0.296 e. The van der Waals surface area contributed by atoms with Gasteiger partial charge in [0.25, 0.3) is 10.1 Å². The summed E-state index contributed by atoms with van der Waals surface area (Å²) in [7, 11) is -3.62. The zero-order valence-electron chi connectivity index (χ0n) is 10.9. The topological polar surface area (TPSA) is 43.4 Å². The molecule has 0 spiro atoms. The molecule has 1 aromatic rings. The van der Waals surface area contributed by atoms with Gasteiger partial charge in [0.2, 0.25) is 0 Å². The Bertz CT molecular complexity index is 485. The van der Waals surface area contributed by atoms with Gasteiger partial charge in [0, 0.05) is 0 Å². The summed E-state index contributed by atoms with van der Waals surface area (Å²) in [6.45, 7) is 2.12. The van der Waals surface area contributed by atoms with Gasteiger partial charge in [-0.2, -0.15) is 8.42 Å². The summed E-state index contributed by atoms with van der Waals surface area (Å²) in [5, 5.41) is 0. The van der Waals surface area contributed by atoms with E-state index in [4.69, 9.17) is 4.18 Å². The highest BCUT2D eigenvalue weighted by atomic mass is 32.2. The smallest absolute Gasteiger partial charge is 0.266 e. The van der Waals surface area contributed by atoms with E-state index in [0.29, 0.717) is 6.42 Å². The van der Waals surface area contributed by atoms with Crippen molar-refractivity contribution in [2.24, 2.45) is 0 Å². The number of aryl methyl sites for hydroxylation is 1. The summed E-state index contributed by atoms with van der Waals surface area (Å²) < 4.78 is 28.8. The Morgan fingerprint density at radius 1 is 1.05 bits per heavy atom. The summed E-state index contributed by atoms with van der Waals surface area (Å²) in [6.07, 6.45) is 9.51. The van der Waals surface area contributed by atoms with E-state index >= 15 is 0 Å². The Labute approximate surface area is 116 Å². The summed E-state index contributed by atoms with van der Waals surface area (Å²) >= 11 is 0. The van der Waals surface area contributed by atoms with Crippen LogP contribution in [0.4, 0.5) is 0 Å². The zero-order chi connectivity index (χ0) is 13.7. The molecule has 0 atom stereocenters. The fraction of sp³-hybridized carbons (Fsp3) is 0.267. The monoisotopic (exact) mass is 277 g/mol. The molecule has 1 aliphatic rings. The van der Waals surface area contributed by atoms with Crippen LogP contribution in [0.2, 0.25) is 0 Å². The van der Waals surface area contributed by atoms with Crippen molar-refractivity contribution in [3.05, 3.63) is 61.4 Å². The highest BCUT2D eigenvalue weighted by molar-refractivity contribution is 7.86. The van der Waals surface area contributed by atoms with Gasteiger partial charge in [-0.1, -0.05) is 17.7 Å². The van der Waals surface area contributed by atoms with Gasteiger partial charge in [0.1, 0.15) is 0 Å². The van der Waals surface area contributed by atoms with Crippen molar-refractivity contribution in [2.75, 3.05) is 6.61 Å². The SMILES string of the molecule is Cc1ccc(S(=O)(=O)OCCC[C]2[CH][CH][CH][CH]2)cc1. The van der Waals surface area contributed by atoms with Crippen molar-refractivity contribution in [1.29, 1.82) is 0 Å². The maximum Gasteiger partial charge on any atom is 0.296 e. The Hall–Kier alpha value is -0.870. The van der Waals surface area contributed by atoms with Gasteiger partial charge < -0.3 is 0 Å². The standard InChI is InChI=1S/C15H17O3S/c1-13-8-10-15(11-9-13)19(16,17)18-12-4-7-14-5-2-3-6-14/h2-3,5-6,8-11H,4,7,12H2,1H3. The Balaban J connectivity index is 1.79. The molecule has 0 aromatic heterocycles. The molecular formula is C15H17O3S. The van der Waals surface area contributed by atoms with Gasteiger partial charge in [-0.25, -0.2) is 0 Å². The average molecular weight is 277 g/mol. The predicted octanol–water partition coefficient (Wildman–Crippen LogP) is 2.89. The van der Waals surface area contributed by atoms with Gasteiger partial charge in [-0.05, 0) is 63.5 Å². The van der Waals surface area contributed by atoms with Crippen molar-refractivity contribution >= 4 is 10.1 Å². The van der Waals surface area contributed by atoms with Crippen molar-refractivity contribution in [1.82, 2.24) is 0 Å². The Morgan fingerprint density at radius 3 is 2.32 bits per heavy atom. The zero-order valence-corrected chi connectivity index (χ0v) is 11.7. The lowest BCUT2D eigenvalue weighted by Gasteiger charge is -2.08. The van der Waals surface area contributed by atoms with Gasteiger partial charge in [-0.3, -0.25) is 4.18 Å². The van der Waals surface area contributed by atoms with E-state index in [2.05, 4.69) is 0 Å². The van der Waals surface area contributed by atoms with Crippen LogP contribution >= 0.6 is 0 Å². The molecule has 0 bridgehead atoms. The molecule has 5 radical (unpaired) electrons. The van der Waals surface area contributed by atoms with Gasteiger partial charge >= 0.3 is 0 Å². The molecule has 1 saturated carbocycles. The molecule has 4 heteroatoms. The van der Waals surface area contributed by atoms with Crippen LogP contribution in [0.15, 0.2) is 29.2 Å². The molecule has 1 aromatic carbocycles. The average Bonchev–Trinajstić information content (AvgIpc) is 2.88. The van der Waals surface area contributed by atoms with E-state index in [1.165, 1.54) is 5.92 Å². The molecule has 0 unspecified atom stereocenters. The molecule has 2 rings (SSSR count). The third kappa shape index (κ3) is 4.32. The predicted molar refractivity (Wildman–Crippen MR) is 74.0 cm³/mol. The Kier molecular flexibility index (Phi) is 4.99. The van der Waals surface area contributed by atoms with Crippen LogP contribution in [0.25, 0.3) is 0 Å². The molecule has 0 aliphatic heterocycles. The summed E-state index contributed by atoms with van der Waals surface area (Å²) in [5.41, 5.74) is 1.02. The maximum atomic E-state index is 11.9. The second-order valence-corrected chi connectivity index (χ2v) is 6.10. The van der Waals surface area contributed by atoms with E-state index in [1.807, 2.05) is 32.6 Å². The summed E-state index contributed by atoms with van der Waals surface area (Å²) in [4.78, 5) is 0.214. The quantitative estimate of drug-likeness (QED) is 0.593. The van der Waals surface area contributed by atoms with E-state index in [9.17, 15) is 8.42 Å². The first-order valence-corrected chi connectivity index (χ1v) is 7.65. The number of rotatable bonds is 6. The minimum absolute atomic E-state index is 0.210. The third-order valence-corrected chi connectivity index (χ3v) is 4.22. The first-order valence-electron chi connectivity index (χ1n) is 6.25. The molecule has 0 saturated heterocycles. The molecule has 0 amide bonds. The van der Waals surface area contributed by atoms with Crippen LogP contribution in [0.3, 0.4) is 0 Å². The van der Waals surface area contributed by atoms with Crippen LogP contribution in [0.5, 0.6) is 0 Å². The fourth-order valence-corrected chi connectivity index (χ4v) is 2.74. The van der Waals surface area contributed by atoms with Crippen LogP contribution in [-0.2, 0) is 14.3 Å². The van der Waals surface area contributed by atoms with E-state index in [-0.39, 0.29) is 11.5 Å². The minimum atomic E-state index is -3.62. The first-order chi connectivity index (χ1) is 9.08. The lowest BCUT2D eigenvalue weighted by Crippen LogP contribution is -2.08. The first kappa shape index (κ1) is 14.5. The highest BCUT2D eigenvalue weighted by Gasteiger charge is 2.18. The van der Waals surface area contributed by atoms with Gasteiger partial charge in [-0.15, -0.1) is 0 Å². The normalized spacial score (nSPS) is 16.9. The molecule has 3 nitrogen and oxygen atoms in total. The van der Waals surface area contributed by atoms with Crippen molar-refractivity contribution in [2.45, 2.75) is 24.7 Å². The van der Waals surface area contributed by atoms with Crippen LogP contribution in [0.1, 0.15) is 18.4 Å². The number of hydrogen-bond acceptors (Lipinski definition) is 3. The lowest BCUT2D eigenvalue weighted by molar-refractivity contribution is 0.311. The minimum Gasteiger partial charge on any atom is -0.266 e. The van der Waals surface area contributed by atoms with Crippen molar-refractivity contribution in [3.8, 4) is 0 Å². The molecule has 19 heavy (non-hydrogen) atoms. The Morgan fingerprint density at radius 2 is 1.68 bits per heavy atom. The van der Waals surface area contributed by atoms with Crippen LogP contribution in [-0.4, -0.2) is 15.0 Å². The third-order valence-electron chi connectivity index (χ3n) is 2.89. The summed E-state index contributed by atoms with van der Waals surface area (Å²) in [6, 6.07) is 6.67. The lowest BCUT2D eigenvalue weighted by atomic mass is 10.0. The van der Waals surface area contributed by atoms with Crippen molar-refractivity contribution < 1.29 is 12.6 Å². The molecule has 1 aliphatic carbocycles. The van der Waals surface area contributed by atoms with E-state index < -0.39 is 10.1 Å². The molecule has 0 N–H and O–H groups in total. The number of benzene rings is 1. The molecule has 1 fully saturated rings. The molecule has 0 heterocycles. The van der Waals surface area contributed by atoms with Crippen molar-refractivity contribution in [3.63, 3.8) is 0 Å². The van der Waals surface area contributed by atoms with Gasteiger partial charge in [0.05, 0.1) is 11.5 Å². The van der Waals surface area contributed by atoms with Crippen LogP contribution in [0, 0.1) is 38.5 Å². The number of hydrogen-bond donors (Lipinski definition) is 0. The maximum absolute atomic E-state index is 11.9. The van der Waals surface area contributed by atoms with E-state index in [1.54, 1.807) is 24.3 Å². The molecule has 101 valence electrons. The second-order valence-electron chi connectivity index (χ2n) is 4.49. The second kappa shape index (κ2) is 6.53. The summed E-state index contributed by atoms with van der Waals surface area (Å²) in [5.74, 6) is 1.20. The van der Waals surface area contributed by atoms with Gasteiger partial charge in [0.15, 0.2) is 0 Å². The van der Waals surface area contributed by atoms with Crippen LogP contribution < -0.4 is 0 Å².